The largest absolute Gasteiger partial charge is 0.478 e. The van der Waals surface area contributed by atoms with Crippen LogP contribution >= 0.6 is 0 Å². The van der Waals surface area contributed by atoms with E-state index in [1.54, 1.807) is 19.3 Å². The first-order chi connectivity index (χ1) is 9.45. The lowest BCUT2D eigenvalue weighted by atomic mass is 10.2. The van der Waals surface area contributed by atoms with E-state index in [9.17, 15) is 14.0 Å². The molecule has 0 saturated carbocycles. The highest BCUT2D eigenvalue weighted by Gasteiger charge is 2.11. The Morgan fingerprint density at radius 1 is 1.30 bits per heavy atom. The Morgan fingerprint density at radius 3 is 2.65 bits per heavy atom. The van der Waals surface area contributed by atoms with E-state index in [4.69, 9.17) is 5.11 Å². The van der Waals surface area contributed by atoms with Gasteiger partial charge in [-0.1, -0.05) is 0 Å². The fourth-order valence-corrected chi connectivity index (χ4v) is 1.51. The van der Waals surface area contributed by atoms with Gasteiger partial charge in [-0.2, -0.15) is 5.10 Å². The van der Waals surface area contributed by atoms with Gasteiger partial charge in [0.2, 0.25) is 0 Å². The van der Waals surface area contributed by atoms with Crippen LogP contribution in [0, 0.1) is 5.82 Å². The van der Waals surface area contributed by atoms with Gasteiger partial charge >= 0.3 is 12.0 Å². The molecule has 2 rings (SSSR count). The van der Waals surface area contributed by atoms with Crippen LogP contribution in [-0.2, 0) is 7.05 Å². The second kappa shape index (κ2) is 5.39. The number of hydrogen-bond acceptors (Lipinski definition) is 3. The molecular weight excluding hydrogens is 267 g/mol. The lowest BCUT2D eigenvalue weighted by molar-refractivity contribution is 0.0697. The molecule has 0 radical (unpaired) electrons. The van der Waals surface area contributed by atoms with Crippen LogP contribution in [0.4, 0.5) is 20.7 Å². The van der Waals surface area contributed by atoms with Crippen molar-refractivity contribution >= 4 is 23.5 Å². The quantitative estimate of drug-likeness (QED) is 0.798. The minimum Gasteiger partial charge on any atom is -0.478 e. The van der Waals surface area contributed by atoms with Crippen LogP contribution in [0.3, 0.4) is 0 Å². The molecule has 0 atom stereocenters. The van der Waals surface area contributed by atoms with Crippen molar-refractivity contribution in [1.29, 1.82) is 0 Å². The minimum absolute atomic E-state index is 0.125. The minimum atomic E-state index is -1.21. The number of aryl methyl sites for hydroxylation is 1. The van der Waals surface area contributed by atoms with E-state index in [1.807, 2.05) is 0 Å². The average molecular weight is 278 g/mol. The number of nitrogens with zero attached hydrogens (tertiary/aromatic N) is 2. The monoisotopic (exact) mass is 278 g/mol. The molecule has 0 bridgehead atoms. The van der Waals surface area contributed by atoms with E-state index >= 15 is 0 Å². The number of aromatic carboxylic acids is 1. The van der Waals surface area contributed by atoms with Crippen molar-refractivity contribution < 1.29 is 19.1 Å². The molecular formula is C12H11FN4O3. The van der Waals surface area contributed by atoms with E-state index in [1.165, 1.54) is 4.68 Å². The molecule has 0 fully saturated rings. The summed E-state index contributed by atoms with van der Waals surface area (Å²) in [4.78, 5) is 22.4. The smallest absolute Gasteiger partial charge is 0.335 e. The summed E-state index contributed by atoms with van der Waals surface area (Å²) < 4.78 is 15.0. The van der Waals surface area contributed by atoms with Gasteiger partial charge in [-0.05, 0) is 18.2 Å². The zero-order valence-electron chi connectivity index (χ0n) is 10.4. The third kappa shape index (κ3) is 3.10. The summed E-state index contributed by atoms with van der Waals surface area (Å²) in [5.74, 6) is -1.65. The van der Waals surface area contributed by atoms with E-state index in [-0.39, 0.29) is 11.3 Å². The first kappa shape index (κ1) is 13.5. The fourth-order valence-electron chi connectivity index (χ4n) is 1.51. The molecule has 3 N–H and O–H groups in total. The predicted molar refractivity (Wildman–Crippen MR) is 69.2 cm³/mol. The first-order valence-corrected chi connectivity index (χ1v) is 5.56. The number of nitrogens with one attached hydrogen (secondary N) is 2. The normalized spacial score (nSPS) is 10.1. The number of anilines is 2. The molecule has 0 aliphatic carbocycles. The van der Waals surface area contributed by atoms with Crippen molar-refractivity contribution in [2.45, 2.75) is 0 Å². The topological polar surface area (TPSA) is 96.2 Å². The SMILES string of the molecule is Cn1ccc(NC(=O)Nc2cc(C(=O)O)ccc2F)n1. The Labute approximate surface area is 113 Å². The third-order valence-electron chi connectivity index (χ3n) is 2.42. The fraction of sp³-hybridized carbons (Fsp3) is 0.0833. The predicted octanol–water partition coefficient (Wildman–Crippen LogP) is 1.90. The Bertz CT molecular complexity index is 668. The van der Waals surface area contributed by atoms with Crippen LogP contribution in [0.15, 0.2) is 30.5 Å². The van der Waals surface area contributed by atoms with E-state index in [0.29, 0.717) is 5.82 Å². The Morgan fingerprint density at radius 2 is 2.05 bits per heavy atom. The molecule has 2 aromatic rings. The van der Waals surface area contributed by atoms with Gasteiger partial charge in [0, 0.05) is 19.3 Å². The Balaban J connectivity index is 2.11. The molecule has 7 nitrogen and oxygen atoms in total. The second-order valence-corrected chi connectivity index (χ2v) is 3.95. The molecule has 8 heteroatoms. The van der Waals surface area contributed by atoms with Crippen molar-refractivity contribution in [2.24, 2.45) is 7.05 Å². The number of halogens is 1. The maximum Gasteiger partial charge on any atom is 0.335 e. The van der Waals surface area contributed by atoms with Gasteiger partial charge in [-0.25, -0.2) is 14.0 Å². The maximum atomic E-state index is 13.5. The van der Waals surface area contributed by atoms with E-state index in [2.05, 4.69) is 15.7 Å². The molecule has 0 spiro atoms. The van der Waals surface area contributed by atoms with Crippen LogP contribution in [0.2, 0.25) is 0 Å². The molecule has 0 saturated heterocycles. The lowest BCUT2D eigenvalue weighted by Crippen LogP contribution is -2.20. The number of carboxylic acids is 1. The van der Waals surface area contributed by atoms with Gasteiger partial charge in [-0.3, -0.25) is 10.00 Å². The summed E-state index contributed by atoms with van der Waals surface area (Å²) >= 11 is 0. The number of hydrogen-bond donors (Lipinski definition) is 3. The number of aromatic nitrogens is 2. The molecule has 2 amide bonds. The molecule has 20 heavy (non-hydrogen) atoms. The second-order valence-electron chi connectivity index (χ2n) is 3.95. The summed E-state index contributed by atoms with van der Waals surface area (Å²) in [5, 5.41) is 17.3. The van der Waals surface area contributed by atoms with Gasteiger partial charge in [-0.15, -0.1) is 0 Å². The third-order valence-corrected chi connectivity index (χ3v) is 2.42. The number of carboxylic acid groups (broad SMARTS) is 1. The van der Waals surface area contributed by atoms with Gasteiger partial charge in [0.15, 0.2) is 5.82 Å². The molecule has 1 heterocycles. The molecule has 1 aromatic carbocycles. The summed E-state index contributed by atoms with van der Waals surface area (Å²) in [6.45, 7) is 0. The summed E-state index contributed by atoms with van der Waals surface area (Å²) in [7, 11) is 1.68. The number of urea groups is 1. The van der Waals surface area contributed by atoms with Crippen molar-refractivity contribution in [3.63, 3.8) is 0 Å². The van der Waals surface area contributed by atoms with Crippen molar-refractivity contribution in [3.8, 4) is 0 Å². The summed E-state index contributed by atoms with van der Waals surface area (Å²) in [6, 6.07) is 3.96. The van der Waals surface area contributed by atoms with Crippen molar-refractivity contribution in [1.82, 2.24) is 9.78 Å². The maximum absolute atomic E-state index is 13.5. The van der Waals surface area contributed by atoms with Crippen molar-refractivity contribution in [3.05, 3.63) is 41.8 Å². The molecule has 1 aromatic heterocycles. The average Bonchev–Trinajstić information content (AvgIpc) is 2.77. The van der Waals surface area contributed by atoms with E-state index in [0.717, 1.165) is 18.2 Å². The zero-order chi connectivity index (χ0) is 14.7. The van der Waals surface area contributed by atoms with Gasteiger partial charge < -0.3 is 10.4 Å². The highest BCUT2D eigenvalue weighted by atomic mass is 19.1. The standard InChI is InChI=1S/C12H11FN4O3/c1-17-5-4-10(16-17)15-12(20)14-9-6-7(11(18)19)2-3-8(9)13/h2-6H,1H3,(H,18,19)(H2,14,15,16,20). The van der Waals surface area contributed by atoms with Gasteiger partial charge in [0.1, 0.15) is 5.82 Å². The number of amides is 2. The molecule has 0 unspecified atom stereocenters. The molecule has 0 aliphatic heterocycles. The number of carbonyl (C=O) groups is 2. The number of rotatable bonds is 3. The van der Waals surface area contributed by atoms with Gasteiger partial charge in [0.25, 0.3) is 0 Å². The van der Waals surface area contributed by atoms with Crippen LogP contribution in [0.5, 0.6) is 0 Å². The highest BCUT2D eigenvalue weighted by molar-refractivity contribution is 6.00. The van der Waals surface area contributed by atoms with Crippen LogP contribution < -0.4 is 10.6 Å². The zero-order valence-corrected chi connectivity index (χ0v) is 10.4. The Kier molecular flexibility index (Phi) is 3.65. The summed E-state index contributed by atoms with van der Waals surface area (Å²) in [6.07, 6.45) is 1.63. The molecule has 0 aliphatic rings. The Hall–Kier alpha value is -2.90. The van der Waals surface area contributed by atoms with Crippen LogP contribution in [0.1, 0.15) is 10.4 Å². The van der Waals surface area contributed by atoms with Crippen LogP contribution in [0.25, 0.3) is 0 Å². The van der Waals surface area contributed by atoms with Crippen LogP contribution in [-0.4, -0.2) is 26.9 Å². The van der Waals surface area contributed by atoms with Crippen molar-refractivity contribution in [2.75, 3.05) is 10.6 Å². The van der Waals surface area contributed by atoms with Gasteiger partial charge in [0.05, 0.1) is 11.3 Å². The molecule has 104 valence electrons. The van der Waals surface area contributed by atoms with E-state index < -0.39 is 17.8 Å². The first-order valence-electron chi connectivity index (χ1n) is 5.56. The number of carbonyl (C=O) groups excluding carboxylic acids is 1. The summed E-state index contributed by atoms with van der Waals surface area (Å²) in [5.41, 5.74) is -0.349. The number of benzene rings is 1. The lowest BCUT2D eigenvalue weighted by Gasteiger charge is -2.07. The highest BCUT2D eigenvalue weighted by Crippen LogP contribution is 2.16.